The number of carbonyl (C=O) groups excluding carboxylic acids is 1. The standard InChI is InChI=1S/C27H35FN2O3S/c1-4-5-6-7-10-15-30(26(33)29-24-12-9-8-11-23(24)28)21-16-19-13-14-22(18-20(19)17-21)34-27(2,3)25(31)32/h8-9,11-14,18,21H,4-7,10,15-17H2,1-3H3,(H,29,33)(H,31,32). The normalized spacial score (nSPS) is 15.1. The van der Waals surface area contributed by atoms with Crippen LogP contribution in [0.25, 0.3) is 0 Å². The van der Waals surface area contributed by atoms with Gasteiger partial charge in [0.25, 0.3) is 0 Å². The van der Waals surface area contributed by atoms with E-state index in [1.807, 2.05) is 17.0 Å². The Morgan fingerprint density at radius 1 is 1.09 bits per heavy atom. The second kappa shape index (κ2) is 11.7. The van der Waals surface area contributed by atoms with Gasteiger partial charge in [-0.2, -0.15) is 0 Å². The van der Waals surface area contributed by atoms with Crippen molar-refractivity contribution in [2.75, 3.05) is 11.9 Å². The summed E-state index contributed by atoms with van der Waals surface area (Å²) in [5, 5.41) is 12.2. The van der Waals surface area contributed by atoms with Gasteiger partial charge in [-0.25, -0.2) is 9.18 Å². The predicted octanol–water partition coefficient (Wildman–Crippen LogP) is 6.75. The summed E-state index contributed by atoms with van der Waals surface area (Å²) in [5.41, 5.74) is 2.51. The highest BCUT2D eigenvalue weighted by molar-refractivity contribution is 8.01. The number of nitrogens with zero attached hydrogens (tertiary/aromatic N) is 1. The van der Waals surface area contributed by atoms with Crippen molar-refractivity contribution >= 4 is 29.4 Å². The summed E-state index contributed by atoms with van der Waals surface area (Å²) in [5.74, 6) is -1.30. The smallest absolute Gasteiger partial charge is 0.322 e. The van der Waals surface area contributed by atoms with Crippen molar-refractivity contribution in [3.63, 3.8) is 0 Å². The molecule has 0 saturated heterocycles. The van der Waals surface area contributed by atoms with Crippen LogP contribution in [0.5, 0.6) is 0 Å². The third-order valence-electron chi connectivity index (χ3n) is 6.30. The van der Waals surface area contributed by atoms with E-state index < -0.39 is 16.5 Å². The first kappa shape index (κ1) is 26.1. The van der Waals surface area contributed by atoms with Crippen LogP contribution >= 0.6 is 11.8 Å². The number of carboxylic acid groups (broad SMARTS) is 1. The van der Waals surface area contributed by atoms with E-state index in [1.54, 1.807) is 32.0 Å². The zero-order valence-electron chi connectivity index (χ0n) is 20.3. The van der Waals surface area contributed by atoms with E-state index in [0.29, 0.717) is 13.0 Å². The Balaban J connectivity index is 1.73. The summed E-state index contributed by atoms with van der Waals surface area (Å²) in [7, 11) is 0. The molecule has 0 aliphatic heterocycles. The first-order valence-electron chi connectivity index (χ1n) is 12.1. The highest BCUT2D eigenvalue weighted by atomic mass is 32.2. The number of para-hydroxylation sites is 1. The average Bonchev–Trinajstić information content (AvgIpc) is 3.20. The molecule has 34 heavy (non-hydrogen) atoms. The fraction of sp³-hybridized carbons (Fsp3) is 0.481. The Morgan fingerprint density at radius 2 is 1.79 bits per heavy atom. The molecule has 0 bridgehead atoms. The Morgan fingerprint density at radius 3 is 2.50 bits per heavy atom. The Hall–Kier alpha value is -2.54. The number of benzene rings is 2. The summed E-state index contributed by atoms with van der Waals surface area (Å²) < 4.78 is 13.2. The fourth-order valence-corrected chi connectivity index (χ4v) is 5.29. The number of rotatable bonds is 11. The minimum atomic E-state index is -0.920. The van der Waals surface area contributed by atoms with Gasteiger partial charge >= 0.3 is 12.0 Å². The number of carbonyl (C=O) groups is 2. The van der Waals surface area contributed by atoms with Gasteiger partial charge in [0.1, 0.15) is 10.6 Å². The van der Waals surface area contributed by atoms with Crippen molar-refractivity contribution in [2.24, 2.45) is 0 Å². The molecule has 0 fully saturated rings. The van der Waals surface area contributed by atoms with Crippen molar-refractivity contribution in [3.05, 3.63) is 59.4 Å². The van der Waals surface area contributed by atoms with Crippen LogP contribution in [-0.2, 0) is 17.6 Å². The molecule has 2 amide bonds. The number of unbranched alkanes of at least 4 members (excludes halogenated alkanes) is 4. The van der Waals surface area contributed by atoms with E-state index in [4.69, 9.17) is 0 Å². The quantitative estimate of drug-likeness (QED) is 0.272. The van der Waals surface area contributed by atoms with E-state index in [-0.39, 0.29) is 17.8 Å². The number of nitrogens with one attached hydrogen (secondary N) is 1. The van der Waals surface area contributed by atoms with E-state index in [9.17, 15) is 19.1 Å². The summed E-state index contributed by atoms with van der Waals surface area (Å²) in [6.07, 6.45) is 6.90. The van der Waals surface area contributed by atoms with Crippen LogP contribution in [0.1, 0.15) is 64.0 Å². The third-order valence-corrected chi connectivity index (χ3v) is 7.47. The summed E-state index contributed by atoms with van der Waals surface area (Å²) in [4.78, 5) is 27.5. The molecule has 5 nitrogen and oxygen atoms in total. The van der Waals surface area contributed by atoms with Crippen LogP contribution < -0.4 is 5.32 Å². The van der Waals surface area contributed by atoms with Crippen LogP contribution in [-0.4, -0.2) is 39.3 Å². The molecule has 2 N–H and O–H groups in total. The zero-order valence-corrected chi connectivity index (χ0v) is 21.1. The first-order valence-corrected chi connectivity index (χ1v) is 12.9. The maximum absolute atomic E-state index is 14.2. The second-order valence-electron chi connectivity index (χ2n) is 9.43. The topological polar surface area (TPSA) is 69.6 Å². The lowest BCUT2D eigenvalue weighted by Gasteiger charge is -2.29. The van der Waals surface area contributed by atoms with Gasteiger partial charge in [-0.15, -0.1) is 11.8 Å². The SMILES string of the molecule is CCCCCCCN(C(=O)Nc1ccccc1F)C1Cc2ccc(SC(C)(C)C(=O)O)cc2C1. The number of halogens is 1. The molecule has 2 aromatic rings. The fourth-order valence-electron chi connectivity index (χ4n) is 4.28. The second-order valence-corrected chi connectivity index (χ2v) is 11.1. The molecule has 1 unspecified atom stereocenters. The van der Waals surface area contributed by atoms with Gasteiger partial charge in [0.15, 0.2) is 0 Å². The number of aliphatic carboxylic acids is 1. The average molecular weight is 487 g/mol. The van der Waals surface area contributed by atoms with Crippen molar-refractivity contribution < 1.29 is 19.1 Å². The van der Waals surface area contributed by atoms with E-state index in [2.05, 4.69) is 18.3 Å². The molecule has 0 spiro atoms. The number of carboxylic acids is 1. The van der Waals surface area contributed by atoms with E-state index in [0.717, 1.165) is 42.6 Å². The first-order chi connectivity index (χ1) is 16.2. The molecule has 0 radical (unpaired) electrons. The molecule has 1 aliphatic carbocycles. The molecular formula is C27H35FN2O3S. The Kier molecular flexibility index (Phi) is 9.00. The summed E-state index contributed by atoms with van der Waals surface area (Å²) in [6, 6.07) is 12.0. The zero-order chi connectivity index (χ0) is 24.7. The third kappa shape index (κ3) is 6.75. The van der Waals surface area contributed by atoms with Gasteiger partial charge in [-0.3, -0.25) is 4.79 Å². The van der Waals surface area contributed by atoms with Gasteiger partial charge in [0, 0.05) is 17.5 Å². The molecule has 184 valence electrons. The van der Waals surface area contributed by atoms with E-state index in [1.165, 1.54) is 29.8 Å². The minimum Gasteiger partial charge on any atom is -0.480 e. The van der Waals surface area contributed by atoms with Crippen molar-refractivity contribution in [1.29, 1.82) is 0 Å². The van der Waals surface area contributed by atoms with Crippen LogP contribution in [0.4, 0.5) is 14.9 Å². The number of thioether (sulfide) groups is 1. The largest absolute Gasteiger partial charge is 0.480 e. The van der Waals surface area contributed by atoms with E-state index >= 15 is 0 Å². The van der Waals surface area contributed by atoms with Crippen LogP contribution in [0.2, 0.25) is 0 Å². The lowest BCUT2D eigenvalue weighted by molar-refractivity contribution is -0.138. The molecule has 7 heteroatoms. The molecule has 3 rings (SSSR count). The molecule has 1 atom stereocenters. The molecule has 1 aliphatic rings. The van der Waals surface area contributed by atoms with Gasteiger partial charge in [-0.1, -0.05) is 50.8 Å². The summed E-state index contributed by atoms with van der Waals surface area (Å²) >= 11 is 1.33. The van der Waals surface area contributed by atoms with Crippen molar-refractivity contribution in [3.8, 4) is 0 Å². The van der Waals surface area contributed by atoms with Crippen molar-refractivity contribution in [1.82, 2.24) is 4.90 Å². The monoisotopic (exact) mass is 486 g/mol. The number of hydrogen-bond donors (Lipinski definition) is 2. The highest BCUT2D eigenvalue weighted by Gasteiger charge is 2.32. The van der Waals surface area contributed by atoms with Gasteiger partial charge in [-0.05, 0) is 68.5 Å². The number of fused-ring (bicyclic) bond motifs is 1. The molecule has 2 aromatic carbocycles. The number of amides is 2. The highest BCUT2D eigenvalue weighted by Crippen LogP contribution is 2.36. The van der Waals surface area contributed by atoms with Crippen LogP contribution in [0.15, 0.2) is 47.4 Å². The number of hydrogen-bond acceptors (Lipinski definition) is 3. The summed E-state index contributed by atoms with van der Waals surface area (Å²) in [6.45, 7) is 6.19. The predicted molar refractivity (Wildman–Crippen MR) is 136 cm³/mol. The van der Waals surface area contributed by atoms with Gasteiger partial charge in [0.05, 0.1) is 5.69 Å². The van der Waals surface area contributed by atoms with Crippen LogP contribution in [0, 0.1) is 5.82 Å². The van der Waals surface area contributed by atoms with Crippen molar-refractivity contribution in [2.45, 2.75) is 81.4 Å². The van der Waals surface area contributed by atoms with Crippen LogP contribution in [0.3, 0.4) is 0 Å². The maximum Gasteiger partial charge on any atom is 0.322 e. The molecule has 0 saturated carbocycles. The Bertz CT molecular complexity index is 1010. The lowest BCUT2D eigenvalue weighted by Crippen LogP contribution is -2.44. The minimum absolute atomic E-state index is 0.0133. The number of anilines is 1. The molecule has 0 aromatic heterocycles. The molecule has 0 heterocycles. The lowest BCUT2D eigenvalue weighted by atomic mass is 10.1. The van der Waals surface area contributed by atoms with Gasteiger partial charge < -0.3 is 15.3 Å². The number of urea groups is 1. The molecular weight excluding hydrogens is 451 g/mol. The van der Waals surface area contributed by atoms with Gasteiger partial charge in [0.2, 0.25) is 0 Å². The maximum atomic E-state index is 14.2. The Labute approximate surface area is 206 Å².